The lowest BCUT2D eigenvalue weighted by Crippen LogP contribution is -2.40. The van der Waals surface area contributed by atoms with E-state index in [0.29, 0.717) is 45.8 Å². The molecule has 0 bridgehead atoms. The lowest BCUT2D eigenvalue weighted by molar-refractivity contribution is -0.135. The van der Waals surface area contributed by atoms with E-state index in [1.807, 2.05) is 9.80 Å². The van der Waals surface area contributed by atoms with E-state index in [1.165, 1.54) is 0 Å². The van der Waals surface area contributed by atoms with E-state index in [9.17, 15) is 15.0 Å². The number of carbonyl (C=O) groups excluding carboxylic acids is 1. The maximum absolute atomic E-state index is 11.9. The van der Waals surface area contributed by atoms with Gasteiger partial charge in [-0.15, -0.1) is 0 Å². The lowest BCUT2D eigenvalue weighted by Gasteiger charge is -2.27. The molecule has 6 nitrogen and oxygen atoms in total. The molecule has 2 heterocycles. The summed E-state index contributed by atoms with van der Waals surface area (Å²) in [4.78, 5) is 15.7. The van der Waals surface area contributed by atoms with Crippen molar-refractivity contribution in [2.75, 3.05) is 45.9 Å². The molecule has 0 aromatic rings. The molecule has 0 saturated carbocycles. The number of β-amino-alcohol motifs (C(OH)–C–C–N with tert-alkyl or cyclic N) is 2. The lowest BCUT2D eigenvalue weighted by atomic mass is 10.2. The third-order valence-electron chi connectivity index (χ3n) is 3.56. The van der Waals surface area contributed by atoms with Crippen LogP contribution in [0.15, 0.2) is 0 Å². The van der Waals surface area contributed by atoms with Gasteiger partial charge in [0.1, 0.15) is 0 Å². The van der Waals surface area contributed by atoms with Gasteiger partial charge in [-0.2, -0.15) is 0 Å². The van der Waals surface area contributed by atoms with E-state index in [0.717, 1.165) is 13.0 Å². The molecular weight excluding hydrogens is 236 g/mol. The first-order chi connectivity index (χ1) is 8.66. The second kappa shape index (κ2) is 6.47. The molecule has 2 saturated heterocycles. The Balaban J connectivity index is 1.61. The van der Waals surface area contributed by atoms with Crippen molar-refractivity contribution >= 4 is 5.91 Å². The van der Waals surface area contributed by atoms with Gasteiger partial charge in [0.05, 0.1) is 25.4 Å². The molecule has 0 aliphatic carbocycles. The number of carbonyl (C=O) groups is 1. The van der Waals surface area contributed by atoms with E-state index in [-0.39, 0.29) is 5.91 Å². The minimum Gasteiger partial charge on any atom is -0.389 e. The van der Waals surface area contributed by atoms with E-state index in [4.69, 9.17) is 4.74 Å². The molecule has 18 heavy (non-hydrogen) atoms. The number of likely N-dealkylation sites (tertiary alicyclic amines) is 1. The molecule has 2 rings (SSSR count). The number of hydrogen-bond donors (Lipinski definition) is 2. The summed E-state index contributed by atoms with van der Waals surface area (Å²) in [5.74, 6) is 0.179. The Morgan fingerprint density at radius 1 is 1.17 bits per heavy atom. The van der Waals surface area contributed by atoms with E-state index >= 15 is 0 Å². The highest BCUT2D eigenvalue weighted by Gasteiger charge is 2.29. The summed E-state index contributed by atoms with van der Waals surface area (Å²) < 4.78 is 5.20. The van der Waals surface area contributed by atoms with Crippen LogP contribution in [0.5, 0.6) is 0 Å². The third kappa shape index (κ3) is 3.65. The Morgan fingerprint density at radius 2 is 1.78 bits per heavy atom. The molecule has 0 radical (unpaired) electrons. The number of aliphatic hydroxyl groups excluding tert-OH is 2. The van der Waals surface area contributed by atoms with Crippen LogP contribution in [0.3, 0.4) is 0 Å². The van der Waals surface area contributed by atoms with Gasteiger partial charge in [-0.25, -0.2) is 0 Å². The Kier molecular flexibility index (Phi) is 4.94. The van der Waals surface area contributed by atoms with E-state index in [2.05, 4.69) is 0 Å². The first kappa shape index (κ1) is 13.7. The molecule has 0 aromatic heterocycles. The average Bonchev–Trinajstić information content (AvgIpc) is 2.69. The summed E-state index contributed by atoms with van der Waals surface area (Å²) in [7, 11) is 0. The fourth-order valence-electron chi connectivity index (χ4n) is 2.45. The molecule has 2 aliphatic rings. The van der Waals surface area contributed by atoms with Crippen molar-refractivity contribution in [1.29, 1.82) is 0 Å². The molecule has 2 aliphatic heterocycles. The second-order valence-corrected chi connectivity index (χ2v) is 4.99. The van der Waals surface area contributed by atoms with Gasteiger partial charge in [0.15, 0.2) is 0 Å². The zero-order valence-corrected chi connectivity index (χ0v) is 10.6. The highest BCUT2D eigenvalue weighted by molar-refractivity contribution is 5.76. The fraction of sp³-hybridized carbons (Fsp3) is 0.917. The minimum absolute atomic E-state index is 0.179. The average molecular weight is 258 g/mol. The summed E-state index contributed by atoms with van der Waals surface area (Å²) in [6.45, 7) is 4.43. The molecule has 2 fully saturated rings. The second-order valence-electron chi connectivity index (χ2n) is 4.99. The summed E-state index contributed by atoms with van der Waals surface area (Å²) in [5, 5.41) is 18.8. The Labute approximate surface area is 107 Å². The van der Waals surface area contributed by atoms with Gasteiger partial charge in [-0.05, 0) is 13.0 Å². The zero-order chi connectivity index (χ0) is 13.0. The Bertz CT molecular complexity index is 271. The SMILES string of the molecule is O=C(CCCN1C[C@@H](O)[C@@H](O)C1)N1CCOCC1. The summed E-state index contributed by atoms with van der Waals surface area (Å²) in [5.41, 5.74) is 0. The molecule has 0 unspecified atom stereocenters. The molecule has 6 heteroatoms. The van der Waals surface area contributed by atoms with E-state index < -0.39 is 12.2 Å². The highest BCUT2D eigenvalue weighted by Crippen LogP contribution is 2.11. The number of rotatable bonds is 4. The molecule has 2 atom stereocenters. The molecule has 1 amide bonds. The van der Waals surface area contributed by atoms with Gasteiger partial charge in [0.2, 0.25) is 5.91 Å². The number of hydrogen-bond acceptors (Lipinski definition) is 5. The Hall–Kier alpha value is -0.690. The maximum atomic E-state index is 11.9. The van der Waals surface area contributed by atoms with Gasteiger partial charge < -0.3 is 19.8 Å². The largest absolute Gasteiger partial charge is 0.389 e. The van der Waals surface area contributed by atoms with Crippen LogP contribution in [0.2, 0.25) is 0 Å². The summed E-state index contributed by atoms with van der Waals surface area (Å²) >= 11 is 0. The molecule has 2 N–H and O–H groups in total. The van der Waals surface area contributed by atoms with Crippen LogP contribution in [0, 0.1) is 0 Å². The van der Waals surface area contributed by atoms with Crippen LogP contribution in [0.1, 0.15) is 12.8 Å². The minimum atomic E-state index is -0.639. The van der Waals surface area contributed by atoms with Crippen LogP contribution in [-0.4, -0.2) is 84.1 Å². The topological polar surface area (TPSA) is 73.2 Å². The third-order valence-corrected chi connectivity index (χ3v) is 3.56. The van der Waals surface area contributed by atoms with Gasteiger partial charge in [0.25, 0.3) is 0 Å². The first-order valence-electron chi connectivity index (χ1n) is 6.61. The quantitative estimate of drug-likeness (QED) is 0.653. The zero-order valence-electron chi connectivity index (χ0n) is 10.6. The van der Waals surface area contributed by atoms with Gasteiger partial charge in [-0.3, -0.25) is 9.69 Å². The smallest absolute Gasteiger partial charge is 0.222 e. The highest BCUT2D eigenvalue weighted by atomic mass is 16.5. The van der Waals surface area contributed by atoms with Crippen molar-refractivity contribution in [2.45, 2.75) is 25.0 Å². The Morgan fingerprint density at radius 3 is 2.39 bits per heavy atom. The molecule has 0 aromatic carbocycles. The maximum Gasteiger partial charge on any atom is 0.222 e. The number of morpholine rings is 1. The number of nitrogens with zero attached hydrogens (tertiary/aromatic N) is 2. The van der Waals surface area contributed by atoms with Crippen molar-refractivity contribution < 1.29 is 19.7 Å². The van der Waals surface area contributed by atoms with Crippen LogP contribution in [0.4, 0.5) is 0 Å². The van der Waals surface area contributed by atoms with Crippen LogP contribution >= 0.6 is 0 Å². The molecule has 0 spiro atoms. The van der Waals surface area contributed by atoms with Gasteiger partial charge in [0, 0.05) is 32.6 Å². The standard InChI is InChI=1S/C12H22N2O4/c15-10-8-13(9-11(10)16)3-1-2-12(17)14-4-6-18-7-5-14/h10-11,15-16H,1-9H2/t10-,11+. The summed E-state index contributed by atoms with van der Waals surface area (Å²) in [6, 6.07) is 0. The van der Waals surface area contributed by atoms with E-state index in [1.54, 1.807) is 0 Å². The van der Waals surface area contributed by atoms with Crippen molar-refractivity contribution in [3.63, 3.8) is 0 Å². The number of ether oxygens (including phenoxy) is 1. The predicted molar refractivity (Wildman–Crippen MR) is 65.1 cm³/mol. The van der Waals surface area contributed by atoms with Crippen molar-refractivity contribution in [2.24, 2.45) is 0 Å². The normalized spacial score (nSPS) is 29.8. The predicted octanol–water partition coefficient (Wildman–Crippen LogP) is -1.34. The van der Waals surface area contributed by atoms with Gasteiger partial charge in [-0.1, -0.05) is 0 Å². The van der Waals surface area contributed by atoms with Crippen LogP contribution in [-0.2, 0) is 9.53 Å². The number of amides is 1. The molecular formula is C12H22N2O4. The van der Waals surface area contributed by atoms with Crippen molar-refractivity contribution in [3.05, 3.63) is 0 Å². The molecule has 104 valence electrons. The van der Waals surface area contributed by atoms with Crippen LogP contribution < -0.4 is 0 Å². The summed E-state index contributed by atoms with van der Waals surface area (Å²) in [6.07, 6.45) is 0.0260. The number of aliphatic hydroxyl groups is 2. The van der Waals surface area contributed by atoms with Crippen LogP contribution in [0.25, 0.3) is 0 Å². The van der Waals surface area contributed by atoms with Crippen molar-refractivity contribution in [1.82, 2.24) is 9.80 Å². The monoisotopic (exact) mass is 258 g/mol. The van der Waals surface area contributed by atoms with Gasteiger partial charge >= 0.3 is 0 Å². The fourth-order valence-corrected chi connectivity index (χ4v) is 2.45. The first-order valence-corrected chi connectivity index (χ1v) is 6.61. The van der Waals surface area contributed by atoms with Crippen molar-refractivity contribution in [3.8, 4) is 0 Å².